The Bertz CT molecular complexity index is 596. The predicted octanol–water partition coefficient (Wildman–Crippen LogP) is 2.68. The maximum absolute atomic E-state index is 6.17. The van der Waals surface area contributed by atoms with Gasteiger partial charge in [-0.25, -0.2) is 0 Å². The number of halogens is 1. The fourth-order valence-corrected chi connectivity index (χ4v) is 2.21. The van der Waals surface area contributed by atoms with Crippen LogP contribution in [-0.4, -0.2) is 16.7 Å². The number of hydrogen-bond acceptors (Lipinski definition) is 5. The van der Waals surface area contributed by atoms with E-state index >= 15 is 0 Å². The summed E-state index contributed by atoms with van der Waals surface area (Å²) in [6.45, 7) is 0.857. The van der Waals surface area contributed by atoms with Crippen molar-refractivity contribution in [3.05, 3.63) is 40.5 Å². The lowest BCUT2D eigenvalue weighted by Crippen LogP contribution is -2.03. The molecule has 0 atom stereocenters. The van der Waals surface area contributed by atoms with Crippen molar-refractivity contribution in [3.8, 4) is 5.75 Å². The first-order valence-corrected chi connectivity index (χ1v) is 7.08. The lowest BCUT2D eigenvalue weighted by atomic mass is 10.1. The zero-order valence-corrected chi connectivity index (χ0v) is 11.8. The van der Waals surface area contributed by atoms with Gasteiger partial charge in [-0.05, 0) is 43.5 Å². The molecule has 1 heterocycles. The SMILES string of the molecule is NCCc1ccc(OCc2noc(C3CC3)n2)c(Cl)c1. The van der Waals surface area contributed by atoms with Crippen molar-refractivity contribution >= 4 is 11.6 Å². The third kappa shape index (κ3) is 3.11. The second kappa shape index (κ2) is 5.81. The van der Waals surface area contributed by atoms with Gasteiger partial charge in [-0.15, -0.1) is 0 Å². The van der Waals surface area contributed by atoms with Crippen molar-refractivity contribution in [2.75, 3.05) is 6.54 Å². The zero-order valence-electron chi connectivity index (χ0n) is 11.0. The molecule has 1 aromatic carbocycles. The molecular weight excluding hydrogens is 278 g/mol. The van der Waals surface area contributed by atoms with Gasteiger partial charge in [-0.2, -0.15) is 4.98 Å². The smallest absolute Gasteiger partial charge is 0.229 e. The molecule has 5 nitrogen and oxygen atoms in total. The molecule has 2 aromatic rings. The molecule has 2 N–H and O–H groups in total. The summed E-state index contributed by atoms with van der Waals surface area (Å²) in [5.74, 6) is 2.34. The van der Waals surface area contributed by atoms with Crippen LogP contribution in [0.3, 0.4) is 0 Å². The molecule has 0 saturated heterocycles. The number of nitrogens with zero attached hydrogens (tertiary/aromatic N) is 2. The second-order valence-electron chi connectivity index (χ2n) is 4.92. The molecule has 0 unspecified atom stereocenters. The van der Waals surface area contributed by atoms with E-state index < -0.39 is 0 Å². The summed E-state index contributed by atoms with van der Waals surface area (Å²) in [4.78, 5) is 4.30. The van der Waals surface area contributed by atoms with Crippen LogP contribution in [0.25, 0.3) is 0 Å². The second-order valence-corrected chi connectivity index (χ2v) is 5.32. The Morgan fingerprint density at radius 2 is 2.25 bits per heavy atom. The predicted molar refractivity (Wildman–Crippen MR) is 74.8 cm³/mol. The average Bonchev–Trinajstić information content (AvgIpc) is 3.18. The van der Waals surface area contributed by atoms with Crippen molar-refractivity contribution in [2.45, 2.75) is 31.8 Å². The van der Waals surface area contributed by atoms with E-state index in [1.54, 1.807) is 0 Å². The monoisotopic (exact) mass is 293 g/mol. The largest absolute Gasteiger partial charge is 0.484 e. The number of benzene rings is 1. The maximum atomic E-state index is 6.17. The molecule has 0 amide bonds. The van der Waals surface area contributed by atoms with Crippen LogP contribution in [0, 0.1) is 0 Å². The highest BCUT2D eigenvalue weighted by molar-refractivity contribution is 6.32. The minimum atomic E-state index is 0.256. The van der Waals surface area contributed by atoms with Crippen molar-refractivity contribution < 1.29 is 9.26 Å². The summed E-state index contributed by atoms with van der Waals surface area (Å²) in [6.07, 6.45) is 3.07. The van der Waals surface area contributed by atoms with Crippen LogP contribution < -0.4 is 10.5 Å². The molecular formula is C14H16ClN3O2. The molecule has 0 spiro atoms. The number of ether oxygens (including phenoxy) is 1. The van der Waals surface area contributed by atoms with Gasteiger partial charge in [0.25, 0.3) is 0 Å². The number of hydrogen-bond donors (Lipinski definition) is 1. The highest BCUT2D eigenvalue weighted by Gasteiger charge is 2.29. The Kier molecular flexibility index (Phi) is 3.89. The zero-order chi connectivity index (χ0) is 13.9. The van der Waals surface area contributed by atoms with Gasteiger partial charge >= 0.3 is 0 Å². The van der Waals surface area contributed by atoms with Crippen LogP contribution in [0.4, 0.5) is 0 Å². The van der Waals surface area contributed by atoms with E-state index in [0.717, 1.165) is 24.8 Å². The Labute approximate surface area is 122 Å². The Morgan fingerprint density at radius 1 is 1.40 bits per heavy atom. The molecule has 1 aromatic heterocycles. The quantitative estimate of drug-likeness (QED) is 0.886. The first kappa shape index (κ1) is 13.4. The Morgan fingerprint density at radius 3 is 2.95 bits per heavy atom. The number of aromatic nitrogens is 2. The van der Waals surface area contributed by atoms with E-state index in [4.69, 9.17) is 26.6 Å². The standard InChI is InChI=1S/C14H16ClN3O2/c15-11-7-9(5-6-16)1-4-12(11)19-8-13-17-14(20-18-13)10-2-3-10/h1,4,7,10H,2-3,5-6,8,16H2. The van der Waals surface area contributed by atoms with E-state index in [0.29, 0.717) is 34.9 Å². The van der Waals surface area contributed by atoms with Gasteiger partial charge in [-0.1, -0.05) is 22.8 Å². The van der Waals surface area contributed by atoms with Crippen LogP contribution in [0.1, 0.15) is 36.0 Å². The van der Waals surface area contributed by atoms with Crippen LogP contribution in [0.2, 0.25) is 5.02 Å². The van der Waals surface area contributed by atoms with Crippen molar-refractivity contribution in [2.24, 2.45) is 5.73 Å². The van der Waals surface area contributed by atoms with Crippen LogP contribution in [-0.2, 0) is 13.0 Å². The molecule has 0 bridgehead atoms. The summed E-state index contributed by atoms with van der Waals surface area (Å²) >= 11 is 6.17. The maximum Gasteiger partial charge on any atom is 0.229 e. The lowest BCUT2D eigenvalue weighted by molar-refractivity contribution is 0.285. The van der Waals surface area contributed by atoms with Crippen LogP contribution >= 0.6 is 11.6 Å². The fourth-order valence-electron chi connectivity index (χ4n) is 1.95. The molecule has 3 rings (SSSR count). The summed E-state index contributed by atoms with van der Waals surface area (Å²) in [5, 5.41) is 4.47. The van der Waals surface area contributed by atoms with E-state index in [1.165, 1.54) is 0 Å². The molecule has 0 aliphatic heterocycles. The minimum absolute atomic E-state index is 0.256. The van der Waals surface area contributed by atoms with Gasteiger partial charge in [0.05, 0.1) is 5.02 Å². The molecule has 1 fully saturated rings. The van der Waals surface area contributed by atoms with Gasteiger partial charge < -0.3 is 15.0 Å². The van der Waals surface area contributed by atoms with Crippen molar-refractivity contribution in [3.63, 3.8) is 0 Å². The van der Waals surface area contributed by atoms with Gasteiger partial charge in [0.15, 0.2) is 6.61 Å². The van der Waals surface area contributed by atoms with E-state index in [2.05, 4.69) is 10.1 Å². The normalized spacial score (nSPS) is 14.5. The lowest BCUT2D eigenvalue weighted by Gasteiger charge is -2.07. The average molecular weight is 294 g/mol. The molecule has 6 heteroatoms. The third-order valence-corrected chi connectivity index (χ3v) is 3.49. The molecule has 1 aliphatic carbocycles. The highest BCUT2D eigenvalue weighted by atomic mass is 35.5. The highest BCUT2D eigenvalue weighted by Crippen LogP contribution is 2.38. The fraction of sp³-hybridized carbons (Fsp3) is 0.429. The van der Waals surface area contributed by atoms with Gasteiger partial charge in [0.2, 0.25) is 11.7 Å². The molecule has 106 valence electrons. The number of rotatable bonds is 6. The summed E-state index contributed by atoms with van der Waals surface area (Å²) < 4.78 is 10.8. The minimum Gasteiger partial charge on any atom is -0.484 e. The number of nitrogens with two attached hydrogens (primary N) is 1. The van der Waals surface area contributed by atoms with Gasteiger partial charge in [0.1, 0.15) is 5.75 Å². The van der Waals surface area contributed by atoms with Crippen molar-refractivity contribution in [1.29, 1.82) is 0 Å². The van der Waals surface area contributed by atoms with E-state index in [1.807, 2.05) is 18.2 Å². The summed E-state index contributed by atoms with van der Waals surface area (Å²) in [7, 11) is 0. The Hall–Kier alpha value is -1.59. The molecule has 1 saturated carbocycles. The van der Waals surface area contributed by atoms with E-state index in [-0.39, 0.29) is 6.61 Å². The third-order valence-electron chi connectivity index (χ3n) is 3.20. The molecule has 0 radical (unpaired) electrons. The van der Waals surface area contributed by atoms with E-state index in [9.17, 15) is 0 Å². The van der Waals surface area contributed by atoms with Crippen molar-refractivity contribution in [1.82, 2.24) is 10.1 Å². The van der Waals surface area contributed by atoms with Crippen LogP contribution in [0.5, 0.6) is 5.75 Å². The first-order valence-electron chi connectivity index (χ1n) is 6.70. The summed E-state index contributed by atoms with van der Waals surface area (Å²) in [6, 6.07) is 5.67. The molecule has 20 heavy (non-hydrogen) atoms. The van der Waals surface area contributed by atoms with Gasteiger partial charge in [0, 0.05) is 5.92 Å². The molecule has 1 aliphatic rings. The summed E-state index contributed by atoms with van der Waals surface area (Å²) in [5.41, 5.74) is 6.61. The Balaban J connectivity index is 1.61. The topological polar surface area (TPSA) is 74.2 Å². The van der Waals surface area contributed by atoms with Gasteiger partial charge in [-0.3, -0.25) is 0 Å². The van der Waals surface area contributed by atoms with Crippen LogP contribution in [0.15, 0.2) is 22.7 Å². The first-order chi connectivity index (χ1) is 9.76.